The van der Waals surface area contributed by atoms with Gasteiger partial charge in [0, 0.05) is 37.6 Å². The van der Waals surface area contributed by atoms with Crippen LogP contribution in [0.3, 0.4) is 0 Å². The predicted octanol–water partition coefficient (Wildman–Crippen LogP) is 3.01. The first-order valence-electron chi connectivity index (χ1n) is 8.57. The quantitative estimate of drug-likeness (QED) is 0.930. The molecule has 0 bridgehead atoms. The molecule has 1 aliphatic heterocycles. The maximum absolute atomic E-state index is 12.6. The van der Waals surface area contributed by atoms with Gasteiger partial charge < -0.3 is 19.9 Å². The van der Waals surface area contributed by atoms with E-state index in [2.05, 4.69) is 34.3 Å². The van der Waals surface area contributed by atoms with Crippen molar-refractivity contribution in [1.82, 2.24) is 4.90 Å². The summed E-state index contributed by atoms with van der Waals surface area (Å²) in [5.41, 5.74) is 3.63. The van der Waals surface area contributed by atoms with E-state index in [4.69, 9.17) is 4.74 Å². The van der Waals surface area contributed by atoms with E-state index in [9.17, 15) is 4.79 Å². The molecule has 25 heavy (non-hydrogen) atoms. The van der Waals surface area contributed by atoms with Crippen LogP contribution in [0.15, 0.2) is 42.5 Å². The first-order valence-corrected chi connectivity index (χ1v) is 8.57. The third-order valence-corrected chi connectivity index (χ3v) is 4.68. The van der Waals surface area contributed by atoms with Crippen LogP contribution >= 0.6 is 0 Å². The molecule has 1 aliphatic rings. The van der Waals surface area contributed by atoms with Gasteiger partial charge in [-0.2, -0.15) is 0 Å². The van der Waals surface area contributed by atoms with Crippen molar-refractivity contribution in [3.8, 4) is 5.75 Å². The molecule has 2 aromatic carbocycles. The summed E-state index contributed by atoms with van der Waals surface area (Å²) >= 11 is 0. The lowest BCUT2D eigenvalue weighted by Crippen LogP contribution is -2.44. The fraction of sp³-hybridized carbons (Fsp3) is 0.350. The van der Waals surface area contributed by atoms with Crippen LogP contribution in [0.25, 0.3) is 0 Å². The number of anilines is 2. The number of likely N-dealkylation sites (N-methyl/N-ethyl adjacent to an activating group) is 1. The zero-order chi connectivity index (χ0) is 17.8. The monoisotopic (exact) mass is 339 g/mol. The van der Waals surface area contributed by atoms with E-state index in [1.807, 2.05) is 25.1 Å². The largest absolute Gasteiger partial charge is 0.496 e. The number of nitrogens with one attached hydrogen (secondary N) is 1. The van der Waals surface area contributed by atoms with Crippen molar-refractivity contribution in [1.29, 1.82) is 0 Å². The Morgan fingerprint density at radius 3 is 2.48 bits per heavy atom. The topological polar surface area (TPSA) is 44.8 Å². The number of ether oxygens (including phenoxy) is 1. The average Bonchev–Trinajstić information content (AvgIpc) is 2.64. The number of para-hydroxylation sites is 1. The highest BCUT2D eigenvalue weighted by Gasteiger charge is 2.16. The van der Waals surface area contributed by atoms with Crippen LogP contribution in [0.2, 0.25) is 0 Å². The second kappa shape index (κ2) is 7.57. The molecule has 1 N–H and O–H groups in total. The van der Waals surface area contributed by atoms with Crippen molar-refractivity contribution < 1.29 is 9.53 Å². The lowest BCUT2D eigenvalue weighted by atomic mass is 10.1. The van der Waals surface area contributed by atoms with Crippen LogP contribution in [-0.2, 0) is 0 Å². The van der Waals surface area contributed by atoms with Crippen LogP contribution < -0.4 is 15.0 Å². The number of hydrogen-bond donors (Lipinski definition) is 1. The Balaban J connectivity index is 1.74. The molecular weight excluding hydrogens is 314 g/mol. The molecule has 132 valence electrons. The fourth-order valence-electron chi connectivity index (χ4n) is 3.07. The van der Waals surface area contributed by atoms with E-state index >= 15 is 0 Å². The Bertz CT molecular complexity index is 752. The van der Waals surface area contributed by atoms with Gasteiger partial charge in [-0.25, -0.2) is 0 Å². The fourth-order valence-corrected chi connectivity index (χ4v) is 3.07. The minimum atomic E-state index is -0.159. The number of piperazine rings is 1. The highest BCUT2D eigenvalue weighted by Crippen LogP contribution is 2.25. The number of aryl methyl sites for hydroxylation is 1. The Morgan fingerprint density at radius 2 is 1.80 bits per heavy atom. The maximum Gasteiger partial charge on any atom is 0.259 e. The average molecular weight is 339 g/mol. The normalized spacial score (nSPS) is 15.1. The standard InChI is InChI=1S/C20H25N3O2/c1-15-14-16(23-12-10-22(2)11-13-23)8-9-18(15)21-20(24)17-6-4-5-7-19(17)25-3/h4-9,14H,10-13H2,1-3H3,(H,21,24). The molecule has 1 amide bonds. The van der Waals surface area contributed by atoms with Crippen LogP contribution in [-0.4, -0.2) is 51.1 Å². The number of rotatable bonds is 4. The third-order valence-electron chi connectivity index (χ3n) is 4.68. The molecule has 3 rings (SSSR count). The number of benzene rings is 2. The van der Waals surface area contributed by atoms with Crippen LogP contribution in [0, 0.1) is 6.92 Å². The molecule has 1 heterocycles. The second-order valence-corrected chi connectivity index (χ2v) is 6.44. The Labute approximate surface area is 149 Å². The molecule has 0 unspecified atom stereocenters. The van der Waals surface area contributed by atoms with Gasteiger partial charge in [0.2, 0.25) is 0 Å². The zero-order valence-corrected chi connectivity index (χ0v) is 15.1. The third kappa shape index (κ3) is 3.94. The molecule has 0 aromatic heterocycles. The zero-order valence-electron chi connectivity index (χ0n) is 15.1. The van der Waals surface area contributed by atoms with Crippen molar-refractivity contribution in [2.24, 2.45) is 0 Å². The first kappa shape index (κ1) is 17.3. The number of carbonyl (C=O) groups is 1. The maximum atomic E-state index is 12.6. The molecule has 0 spiro atoms. The Morgan fingerprint density at radius 1 is 1.08 bits per heavy atom. The van der Waals surface area contributed by atoms with Gasteiger partial charge in [0.25, 0.3) is 5.91 Å². The summed E-state index contributed by atoms with van der Waals surface area (Å²) in [5.74, 6) is 0.416. The minimum Gasteiger partial charge on any atom is -0.496 e. The molecular formula is C20H25N3O2. The molecule has 0 saturated carbocycles. The molecule has 1 fully saturated rings. The Kier molecular flexibility index (Phi) is 5.24. The molecule has 2 aromatic rings. The lowest BCUT2D eigenvalue weighted by molar-refractivity contribution is 0.102. The lowest BCUT2D eigenvalue weighted by Gasteiger charge is -2.34. The van der Waals surface area contributed by atoms with Gasteiger partial charge in [0.05, 0.1) is 12.7 Å². The second-order valence-electron chi connectivity index (χ2n) is 6.44. The van der Waals surface area contributed by atoms with Gasteiger partial charge in [0.1, 0.15) is 5.75 Å². The summed E-state index contributed by atoms with van der Waals surface area (Å²) in [7, 11) is 3.72. The van der Waals surface area contributed by atoms with Gasteiger partial charge in [-0.3, -0.25) is 4.79 Å². The summed E-state index contributed by atoms with van der Waals surface area (Å²) in [6.45, 7) is 6.24. The van der Waals surface area contributed by atoms with Crippen molar-refractivity contribution in [3.05, 3.63) is 53.6 Å². The number of amides is 1. The Hall–Kier alpha value is -2.53. The summed E-state index contributed by atoms with van der Waals surface area (Å²) in [4.78, 5) is 17.3. The van der Waals surface area contributed by atoms with E-state index in [1.165, 1.54) is 5.69 Å². The van der Waals surface area contributed by atoms with Crippen LogP contribution in [0.1, 0.15) is 15.9 Å². The smallest absolute Gasteiger partial charge is 0.259 e. The highest BCUT2D eigenvalue weighted by atomic mass is 16.5. The van der Waals surface area contributed by atoms with Gasteiger partial charge in [-0.1, -0.05) is 12.1 Å². The molecule has 0 radical (unpaired) electrons. The van der Waals surface area contributed by atoms with Gasteiger partial charge in [0.15, 0.2) is 0 Å². The van der Waals surface area contributed by atoms with E-state index < -0.39 is 0 Å². The number of carbonyl (C=O) groups excluding carboxylic acids is 1. The van der Waals surface area contributed by atoms with Gasteiger partial charge in [-0.15, -0.1) is 0 Å². The van der Waals surface area contributed by atoms with Crippen molar-refractivity contribution in [2.45, 2.75) is 6.92 Å². The molecule has 1 saturated heterocycles. The number of nitrogens with zero attached hydrogens (tertiary/aromatic N) is 2. The summed E-state index contributed by atoms with van der Waals surface area (Å²) in [6.07, 6.45) is 0. The van der Waals surface area contributed by atoms with E-state index in [-0.39, 0.29) is 5.91 Å². The molecule has 5 nitrogen and oxygen atoms in total. The van der Waals surface area contributed by atoms with Crippen molar-refractivity contribution >= 4 is 17.3 Å². The predicted molar refractivity (Wildman–Crippen MR) is 102 cm³/mol. The summed E-state index contributed by atoms with van der Waals surface area (Å²) in [6, 6.07) is 13.4. The first-order chi connectivity index (χ1) is 12.1. The summed E-state index contributed by atoms with van der Waals surface area (Å²) < 4.78 is 5.27. The number of methoxy groups -OCH3 is 1. The molecule has 0 atom stereocenters. The van der Waals surface area contributed by atoms with Gasteiger partial charge >= 0.3 is 0 Å². The van der Waals surface area contributed by atoms with Crippen LogP contribution in [0.5, 0.6) is 5.75 Å². The summed E-state index contributed by atoms with van der Waals surface area (Å²) in [5, 5.41) is 2.99. The van der Waals surface area contributed by atoms with Gasteiger partial charge in [-0.05, 0) is 49.9 Å². The van der Waals surface area contributed by atoms with Crippen molar-refractivity contribution in [3.63, 3.8) is 0 Å². The molecule has 5 heteroatoms. The minimum absolute atomic E-state index is 0.159. The number of hydrogen-bond acceptors (Lipinski definition) is 4. The van der Waals surface area contributed by atoms with E-state index in [0.717, 1.165) is 37.4 Å². The molecule has 0 aliphatic carbocycles. The van der Waals surface area contributed by atoms with Crippen LogP contribution in [0.4, 0.5) is 11.4 Å². The highest BCUT2D eigenvalue weighted by molar-refractivity contribution is 6.06. The SMILES string of the molecule is COc1ccccc1C(=O)Nc1ccc(N2CCN(C)CC2)cc1C. The van der Waals surface area contributed by atoms with E-state index in [1.54, 1.807) is 19.2 Å². The van der Waals surface area contributed by atoms with Crippen molar-refractivity contribution in [2.75, 3.05) is 50.6 Å². The van der Waals surface area contributed by atoms with E-state index in [0.29, 0.717) is 11.3 Å².